The Bertz CT molecular complexity index is 183. The fraction of sp³-hybridized carbons (Fsp3) is 1.00. The van der Waals surface area contributed by atoms with E-state index in [0.29, 0.717) is 6.42 Å². The molecule has 0 aliphatic carbocycles. The summed E-state index contributed by atoms with van der Waals surface area (Å²) in [6.45, 7) is 7.93. The van der Waals surface area contributed by atoms with Gasteiger partial charge in [0.05, 0.1) is 13.2 Å². The maximum absolute atomic E-state index is 12.0. The lowest BCUT2D eigenvalue weighted by molar-refractivity contribution is 0.136. The first-order valence-electron chi connectivity index (χ1n) is 5.03. The normalized spacial score (nSPS) is 14.7. The van der Waals surface area contributed by atoms with Gasteiger partial charge in [-0.1, -0.05) is 13.8 Å². The molecule has 0 aromatic rings. The molecule has 1 N–H and O–H groups in total. The van der Waals surface area contributed by atoms with Crippen molar-refractivity contribution in [2.45, 2.75) is 40.0 Å². The van der Waals surface area contributed by atoms with E-state index in [-0.39, 0.29) is 19.1 Å². The maximum atomic E-state index is 12.0. The van der Waals surface area contributed by atoms with Crippen LogP contribution in [0.15, 0.2) is 0 Å². The highest BCUT2D eigenvalue weighted by molar-refractivity contribution is 7.54. The summed E-state index contributed by atoms with van der Waals surface area (Å²) in [5.41, 5.74) is 0. The van der Waals surface area contributed by atoms with E-state index < -0.39 is 13.4 Å². The summed E-state index contributed by atoms with van der Waals surface area (Å²) in [6.07, 6.45) is 0.428. The summed E-state index contributed by atoms with van der Waals surface area (Å²) >= 11 is 0. The Morgan fingerprint density at radius 2 is 1.64 bits per heavy atom. The third-order valence-electron chi connectivity index (χ3n) is 1.67. The minimum absolute atomic E-state index is 0.263. The molecule has 14 heavy (non-hydrogen) atoms. The molecule has 0 spiro atoms. The quantitative estimate of drug-likeness (QED) is 0.675. The molecule has 0 bridgehead atoms. The number of hydrogen-bond donors (Lipinski definition) is 1. The molecule has 0 saturated heterocycles. The molecule has 5 heteroatoms. The first kappa shape index (κ1) is 14.1. The van der Waals surface area contributed by atoms with Crippen LogP contribution < -0.4 is 0 Å². The Morgan fingerprint density at radius 1 is 1.21 bits per heavy atom. The Morgan fingerprint density at radius 3 is 1.93 bits per heavy atom. The summed E-state index contributed by atoms with van der Waals surface area (Å²) in [5.74, 6) is -0.748. The molecular formula is C9H21O4P. The molecule has 86 valence electrons. The van der Waals surface area contributed by atoms with Crippen molar-refractivity contribution in [2.24, 2.45) is 5.92 Å². The van der Waals surface area contributed by atoms with Gasteiger partial charge in [0.15, 0.2) is 5.85 Å². The van der Waals surface area contributed by atoms with Crippen LogP contribution in [0.3, 0.4) is 0 Å². The molecule has 1 atom stereocenters. The van der Waals surface area contributed by atoms with Crippen LogP contribution in [0.1, 0.15) is 34.1 Å². The number of rotatable bonds is 7. The van der Waals surface area contributed by atoms with Crippen molar-refractivity contribution in [3.63, 3.8) is 0 Å². The van der Waals surface area contributed by atoms with Crippen LogP contribution in [0.2, 0.25) is 0 Å². The predicted octanol–water partition coefficient (Wildman–Crippen LogP) is 2.62. The van der Waals surface area contributed by atoms with Crippen LogP contribution >= 0.6 is 7.60 Å². The Labute approximate surface area is 86.1 Å². The summed E-state index contributed by atoms with van der Waals surface area (Å²) in [5, 5.41) is 9.69. The molecule has 0 rings (SSSR count). The molecule has 0 radical (unpaired) electrons. The van der Waals surface area contributed by atoms with E-state index in [4.69, 9.17) is 9.05 Å². The molecule has 0 aliphatic rings. The van der Waals surface area contributed by atoms with Crippen LogP contribution in [-0.4, -0.2) is 24.2 Å². The molecule has 0 heterocycles. The van der Waals surface area contributed by atoms with E-state index >= 15 is 0 Å². The van der Waals surface area contributed by atoms with Gasteiger partial charge >= 0.3 is 7.60 Å². The van der Waals surface area contributed by atoms with Crippen molar-refractivity contribution in [3.8, 4) is 0 Å². The van der Waals surface area contributed by atoms with E-state index in [1.807, 2.05) is 13.8 Å². The highest BCUT2D eigenvalue weighted by atomic mass is 31.2. The highest BCUT2D eigenvalue weighted by Gasteiger charge is 2.34. The van der Waals surface area contributed by atoms with Crippen molar-refractivity contribution < 1.29 is 18.7 Å². The zero-order valence-corrected chi connectivity index (χ0v) is 10.3. The second kappa shape index (κ2) is 6.57. The molecule has 0 aliphatic heterocycles. The Balaban J connectivity index is 4.38. The SMILES string of the molecule is CCOP(=O)(OCC)[C@H](O)CC(C)C. The van der Waals surface area contributed by atoms with E-state index in [0.717, 1.165) is 0 Å². The molecule has 0 aromatic heterocycles. The Kier molecular flexibility index (Phi) is 6.62. The number of aliphatic hydroxyl groups is 1. The molecule has 0 fully saturated rings. The average Bonchev–Trinajstić information content (AvgIpc) is 2.03. The van der Waals surface area contributed by atoms with Crippen molar-refractivity contribution in [1.29, 1.82) is 0 Å². The average molecular weight is 224 g/mol. The predicted molar refractivity (Wildman–Crippen MR) is 56.3 cm³/mol. The van der Waals surface area contributed by atoms with Gasteiger partial charge in [-0.05, 0) is 26.2 Å². The topological polar surface area (TPSA) is 55.8 Å². The second-order valence-corrected chi connectivity index (χ2v) is 5.68. The zero-order chi connectivity index (χ0) is 11.2. The van der Waals surface area contributed by atoms with Gasteiger partial charge < -0.3 is 14.2 Å². The van der Waals surface area contributed by atoms with Crippen LogP contribution in [-0.2, 0) is 13.6 Å². The fourth-order valence-electron chi connectivity index (χ4n) is 1.12. The summed E-state index contributed by atoms with van der Waals surface area (Å²) < 4.78 is 22.0. The van der Waals surface area contributed by atoms with Gasteiger partial charge in [-0.15, -0.1) is 0 Å². The first-order valence-corrected chi connectivity index (χ1v) is 6.64. The molecule has 4 nitrogen and oxygen atoms in total. The van der Waals surface area contributed by atoms with Gasteiger partial charge in [0.25, 0.3) is 0 Å². The van der Waals surface area contributed by atoms with Gasteiger partial charge in [0.1, 0.15) is 0 Å². The van der Waals surface area contributed by atoms with Gasteiger partial charge in [0, 0.05) is 0 Å². The third kappa shape index (κ3) is 4.56. The van der Waals surface area contributed by atoms with E-state index in [9.17, 15) is 9.67 Å². The van der Waals surface area contributed by atoms with Gasteiger partial charge in [-0.25, -0.2) is 0 Å². The largest absolute Gasteiger partial charge is 0.380 e. The van der Waals surface area contributed by atoms with Gasteiger partial charge in [0.2, 0.25) is 0 Å². The maximum Gasteiger partial charge on any atom is 0.358 e. The molecule has 0 unspecified atom stereocenters. The standard InChI is InChI=1S/C9H21O4P/c1-5-12-14(11,13-6-2)9(10)7-8(3)4/h8-10H,5-7H2,1-4H3/t9-/m0/s1. The van der Waals surface area contributed by atoms with Crippen molar-refractivity contribution in [1.82, 2.24) is 0 Å². The summed E-state index contributed by atoms with van der Waals surface area (Å²) in [4.78, 5) is 0. The van der Waals surface area contributed by atoms with Crippen LogP contribution in [0.5, 0.6) is 0 Å². The molecule has 0 saturated carbocycles. The highest BCUT2D eigenvalue weighted by Crippen LogP contribution is 2.53. The van der Waals surface area contributed by atoms with Crippen LogP contribution in [0.25, 0.3) is 0 Å². The van der Waals surface area contributed by atoms with Crippen molar-refractivity contribution in [2.75, 3.05) is 13.2 Å². The number of aliphatic hydroxyl groups excluding tert-OH is 1. The fourth-order valence-corrected chi connectivity index (χ4v) is 2.94. The molecular weight excluding hydrogens is 203 g/mol. The monoisotopic (exact) mass is 224 g/mol. The minimum atomic E-state index is -3.31. The molecule has 0 amide bonds. The summed E-state index contributed by atoms with van der Waals surface area (Å²) in [7, 11) is -3.31. The lowest BCUT2D eigenvalue weighted by atomic mass is 10.1. The zero-order valence-electron chi connectivity index (χ0n) is 9.40. The van der Waals surface area contributed by atoms with E-state index in [2.05, 4.69) is 0 Å². The first-order chi connectivity index (χ1) is 6.46. The molecule has 0 aromatic carbocycles. The van der Waals surface area contributed by atoms with Gasteiger partial charge in [-0.2, -0.15) is 0 Å². The summed E-state index contributed by atoms with van der Waals surface area (Å²) in [6, 6.07) is 0. The van der Waals surface area contributed by atoms with Crippen molar-refractivity contribution in [3.05, 3.63) is 0 Å². The van der Waals surface area contributed by atoms with Crippen molar-refractivity contribution >= 4 is 7.60 Å². The lowest BCUT2D eigenvalue weighted by Crippen LogP contribution is -2.15. The van der Waals surface area contributed by atoms with Gasteiger partial charge in [-0.3, -0.25) is 4.57 Å². The van der Waals surface area contributed by atoms with Crippen LogP contribution in [0, 0.1) is 5.92 Å². The smallest absolute Gasteiger partial charge is 0.358 e. The number of hydrogen-bond acceptors (Lipinski definition) is 4. The lowest BCUT2D eigenvalue weighted by Gasteiger charge is -2.23. The van der Waals surface area contributed by atoms with Crippen LogP contribution in [0.4, 0.5) is 0 Å². The van der Waals surface area contributed by atoms with E-state index in [1.54, 1.807) is 13.8 Å². The third-order valence-corrected chi connectivity index (χ3v) is 3.84. The Hall–Kier alpha value is 0.110. The second-order valence-electron chi connectivity index (χ2n) is 3.49. The minimum Gasteiger partial charge on any atom is -0.380 e. The van der Waals surface area contributed by atoms with E-state index in [1.165, 1.54) is 0 Å².